The Morgan fingerprint density at radius 2 is 1.86 bits per heavy atom. The van der Waals surface area contributed by atoms with E-state index in [1.807, 2.05) is 0 Å². The molecular formula is C17H34N4S. The fourth-order valence-electron chi connectivity index (χ4n) is 3.23. The van der Waals surface area contributed by atoms with E-state index < -0.39 is 0 Å². The van der Waals surface area contributed by atoms with Gasteiger partial charge in [-0.15, -0.1) is 0 Å². The summed E-state index contributed by atoms with van der Waals surface area (Å²) < 4.78 is 0. The molecule has 1 N–H and O–H groups in total. The van der Waals surface area contributed by atoms with Gasteiger partial charge in [0.2, 0.25) is 0 Å². The van der Waals surface area contributed by atoms with Gasteiger partial charge in [0.1, 0.15) is 0 Å². The van der Waals surface area contributed by atoms with Gasteiger partial charge in [0, 0.05) is 45.8 Å². The van der Waals surface area contributed by atoms with Crippen LogP contribution in [0.1, 0.15) is 33.6 Å². The lowest BCUT2D eigenvalue weighted by Gasteiger charge is -2.37. The van der Waals surface area contributed by atoms with E-state index in [4.69, 9.17) is 4.99 Å². The average molecular weight is 327 g/mol. The van der Waals surface area contributed by atoms with Crippen LogP contribution in [0.5, 0.6) is 0 Å². The zero-order chi connectivity index (χ0) is 15.8. The number of guanidine groups is 1. The monoisotopic (exact) mass is 326 g/mol. The summed E-state index contributed by atoms with van der Waals surface area (Å²) in [6, 6.07) is 0. The van der Waals surface area contributed by atoms with Gasteiger partial charge in [0.15, 0.2) is 5.96 Å². The van der Waals surface area contributed by atoms with Gasteiger partial charge < -0.3 is 10.2 Å². The summed E-state index contributed by atoms with van der Waals surface area (Å²) in [6.45, 7) is 14.5. The second kappa shape index (κ2) is 9.66. The SMILES string of the molecule is CCNC(=NCC1CCSCC1)N1CCN(CC(C)C)CC1. The van der Waals surface area contributed by atoms with Crippen LogP contribution in [0.3, 0.4) is 0 Å². The second-order valence-electron chi connectivity index (χ2n) is 6.93. The van der Waals surface area contributed by atoms with Gasteiger partial charge in [-0.05, 0) is 43.1 Å². The number of rotatable bonds is 5. The maximum Gasteiger partial charge on any atom is 0.194 e. The van der Waals surface area contributed by atoms with Gasteiger partial charge in [-0.3, -0.25) is 9.89 Å². The van der Waals surface area contributed by atoms with Crippen LogP contribution in [-0.4, -0.2) is 73.1 Å². The van der Waals surface area contributed by atoms with Crippen molar-refractivity contribution in [3.05, 3.63) is 0 Å². The fraction of sp³-hybridized carbons (Fsp3) is 0.941. The van der Waals surface area contributed by atoms with Crippen LogP contribution >= 0.6 is 11.8 Å². The summed E-state index contributed by atoms with van der Waals surface area (Å²) >= 11 is 2.10. The molecule has 2 fully saturated rings. The predicted octanol–water partition coefficient (Wildman–Crippen LogP) is 2.37. The third kappa shape index (κ3) is 5.99. The molecule has 0 spiro atoms. The maximum absolute atomic E-state index is 4.95. The first-order chi connectivity index (χ1) is 10.7. The van der Waals surface area contributed by atoms with Crippen molar-refractivity contribution >= 4 is 17.7 Å². The maximum atomic E-state index is 4.95. The molecule has 2 aliphatic heterocycles. The van der Waals surface area contributed by atoms with E-state index in [-0.39, 0.29) is 0 Å². The highest BCUT2D eigenvalue weighted by molar-refractivity contribution is 7.99. The van der Waals surface area contributed by atoms with Crippen molar-refractivity contribution in [1.29, 1.82) is 0 Å². The molecule has 0 unspecified atom stereocenters. The number of thioether (sulfide) groups is 1. The summed E-state index contributed by atoms with van der Waals surface area (Å²) in [5.74, 6) is 5.36. The van der Waals surface area contributed by atoms with Crippen LogP contribution in [0.15, 0.2) is 4.99 Å². The van der Waals surface area contributed by atoms with Crippen LogP contribution in [0.25, 0.3) is 0 Å². The Hall–Kier alpha value is -0.420. The van der Waals surface area contributed by atoms with E-state index in [0.29, 0.717) is 0 Å². The summed E-state index contributed by atoms with van der Waals surface area (Å²) in [5, 5.41) is 3.50. The Kier molecular flexibility index (Phi) is 7.87. The lowest BCUT2D eigenvalue weighted by molar-refractivity contribution is 0.164. The molecule has 0 aromatic rings. The molecule has 5 heteroatoms. The van der Waals surface area contributed by atoms with Crippen molar-refractivity contribution in [3.63, 3.8) is 0 Å². The van der Waals surface area contributed by atoms with Crippen LogP contribution < -0.4 is 5.32 Å². The molecule has 2 heterocycles. The van der Waals surface area contributed by atoms with E-state index in [2.05, 4.69) is 47.6 Å². The second-order valence-corrected chi connectivity index (χ2v) is 8.16. The minimum atomic E-state index is 0.762. The molecular weight excluding hydrogens is 292 g/mol. The largest absolute Gasteiger partial charge is 0.357 e. The topological polar surface area (TPSA) is 30.9 Å². The molecule has 0 aromatic heterocycles. The number of nitrogens with zero attached hydrogens (tertiary/aromatic N) is 3. The molecule has 0 amide bonds. The molecule has 0 aliphatic carbocycles. The molecule has 128 valence electrons. The van der Waals surface area contributed by atoms with Gasteiger partial charge in [0.25, 0.3) is 0 Å². The van der Waals surface area contributed by atoms with Crippen molar-refractivity contribution in [2.24, 2.45) is 16.8 Å². The van der Waals surface area contributed by atoms with Gasteiger partial charge >= 0.3 is 0 Å². The Bertz CT molecular complexity index is 332. The highest BCUT2D eigenvalue weighted by atomic mass is 32.2. The first kappa shape index (κ1) is 17.9. The zero-order valence-electron chi connectivity index (χ0n) is 14.7. The first-order valence-electron chi connectivity index (χ1n) is 9.02. The van der Waals surface area contributed by atoms with E-state index in [1.54, 1.807) is 0 Å². The van der Waals surface area contributed by atoms with Crippen molar-refractivity contribution < 1.29 is 0 Å². The van der Waals surface area contributed by atoms with E-state index in [9.17, 15) is 0 Å². The first-order valence-corrected chi connectivity index (χ1v) is 10.2. The summed E-state index contributed by atoms with van der Waals surface area (Å²) in [5.41, 5.74) is 0. The molecule has 2 rings (SSSR count). The third-order valence-electron chi connectivity index (χ3n) is 4.47. The standard InChI is InChI=1S/C17H34N4S/c1-4-18-17(19-13-16-5-11-22-12-6-16)21-9-7-20(8-10-21)14-15(2)3/h15-16H,4-14H2,1-3H3,(H,18,19). The quantitative estimate of drug-likeness (QED) is 0.621. The number of hydrogen-bond acceptors (Lipinski definition) is 3. The van der Waals surface area contributed by atoms with Gasteiger partial charge in [-0.25, -0.2) is 0 Å². The Labute approximate surface area is 141 Å². The smallest absolute Gasteiger partial charge is 0.194 e. The average Bonchev–Trinajstić information content (AvgIpc) is 2.53. The normalized spacial score (nSPS) is 22.4. The van der Waals surface area contributed by atoms with E-state index in [0.717, 1.165) is 44.0 Å². The highest BCUT2D eigenvalue weighted by Gasteiger charge is 2.20. The van der Waals surface area contributed by atoms with Gasteiger partial charge in [-0.2, -0.15) is 11.8 Å². The number of hydrogen-bond donors (Lipinski definition) is 1. The fourth-order valence-corrected chi connectivity index (χ4v) is 4.43. The molecule has 0 saturated carbocycles. The Morgan fingerprint density at radius 3 is 2.45 bits per heavy atom. The van der Waals surface area contributed by atoms with Crippen LogP contribution in [0.2, 0.25) is 0 Å². The van der Waals surface area contributed by atoms with Gasteiger partial charge in [-0.1, -0.05) is 13.8 Å². The molecule has 0 aromatic carbocycles. The Morgan fingerprint density at radius 1 is 1.18 bits per heavy atom. The van der Waals surface area contributed by atoms with E-state index >= 15 is 0 Å². The molecule has 22 heavy (non-hydrogen) atoms. The number of nitrogens with one attached hydrogen (secondary N) is 1. The number of aliphatic imine (C=N–C) groups is 1. The molecule has 4 nitrogen and oxygen atoms in total. The number of piperazine rings is 1. The molecule has 0 atom stereocenters. The molecule has 2 saturated heterocycles. The van der Waals surface area contributed by atoms with Crippen LogP contribution in [0.4, 0.5) is 0 Å². The van der Waals surface area contributed by atoms with Crippen LogP contribution in [-0.2, 0) is 0 Å². The third-order valence-corrected chi connectivity index (χ3v) is 5.52. The lowest BCUT2D eigenvalue weighted by Crippen LogP contribution is -2.53. The molecule has 2 aliphatic rings. The highest BCUT2D eigenvalue weighted by Crippen LogP contribution is 2.22. The zero-order valence-corrected chi connectivity index (χ0v) is 15.5. The summed E-state index contributed by atoms with van der Waals surface area (Å²) in [4.78, 5) is 9.99. The lowest BCUT2D eigenvalue weighted by atomic mass is 10.0. The van der Waals surface area contributed by atoms with Gasteiger partial charge in [0.05, 0.1) is 0 Å². The molecule has 0 radical (unpaired) electrons. The van der Waals surface area contributed by atoms with Crippen LogP contribution in [0, 0.1) is 11.8 Å². The molecule has 0 bridgehead atoms. The minimum absolute atomic E-state index is 0.762. The van der Waals surface area contributed by atoms with Crippen molar-refractivity contribution in [3.8, 4) is 0 Å². The van der Waals surface area contributed by atoms with Crippen molar-refractivity contribution in [2.45, 2.75) is 33.6 Å². The van der Waals surface area contributed by atoms with E-state index in [1.165, 1.54) is 44.0 Å². The minimum Gasteiger partial charge on any atom is -0.357 e. The predicted molar refractivity (Wildman–Crippen MR) is 98.9 cm³/mol. The van der Waals surface area contributed by atoms with Crippen molar-refractivity contribution in [1.82, 2.24) is 15.1 Å². The summed E-state index contributed by atoms with van der Waals surface area (Å²) in [6.07, 6.45) is 2.69. The Balaban J connectivity index is 1.82. The van der Waals surface area contributed by atoms with Crippen molar-refractivity contribution in [2.75, 3.05) is 57.3 Å². The summed E-state index contributed by atoms with van der Waals surface area (Å²) in [7, 11) is 0.